The summed E-state index contributed by atoms with van der Waals surface area (Å²) in [4.78, 5) is 17.2. The number of aromatic amines is 1. The van der Waals surface area contributed by atoms with Gasteiger partial charge in [-0.25, -0.2) is 4.68 Å². The molecule has 2 N–H and O–H groups in total. The van der Waals surface area contributed by atoms with Gasteiger partial charge in [0.1, 0.15) is 11.4 Å². The molecule has 0 atom stereocenters. The zero-order chi connectivity index (χ0) is 19.6. The lowest BCUT2D eigenvalue weighted by Crippen LogP contribution is -2.17. The summed E-state index contributed by atoms with van der Waals surface area (Å²) in [5.74, 6) is 1.21. The number of para-hydroxylation sites is 1. The van der Waals surface area contributed by atoms with Crippen LogP contribution < -0.4 is 5.32 Å². The maximum atomic E-state index is 13.0. The van der Waals surface area contributed by atoms with Crippen LogP contribution in [0.5, 0.6) is 0 Å². The Morgan fingerprint density at radius 1 is 0.966 bits per heavy atom. The predicted molar refractivity (Wildman–Crippen MR) is 103 cm³/mol. The number of rotatable bonds is 5. The van der Waals surface area contributed by atoms with Gasteiger partial charge >= 0.3 is 0 Å². The van der Waals surface area contributed by atoms with Gasteiger partial charge in [-0.05, 0) is 36.4 Å². The molecule has 1 amide bonds. The molecule has 0 saturated carbocycles. The molecule has 4 aromatic heterocycles. The molecule has 0 fully saturated rings. The van der Waals surface area contributed by atoms with Gasteiger partial charge in [0.05, 0.1) is 18.2 Å². The minimum Gasteiger partial charge on any atom is -0.463 e. The van der Waals surface area contributed by atoms with Crippen LogP contribution in [0.2, 0.25) is 0 Å². The smallest absolute Gasteiger partial charge is 0.276 e. The molecule has 0 saturated heterocycles. The fourth-order valence-electron chi connectivity index (χ4n) is 2.86. The maximum Gasteiger partial charge on any atom is 0.276 e. The Kier molecular flexibility index (Phi) is 4.02. The largest absolute Gasteiger partial charge is 0.463 e. The van der Waals surface area contributed by atoms with Crippen molar-refractivity contribution in [1.82, 2.24) is 25.0 Å². The maximum absolute atomic E-state index is 13.0. The Labute approximate surface area is 164 Å². The van der Waals surface area contributed by atoms with Crippen LogP contribution in [-0.2, 0) is 0 Å². The number of carbonyl (C=O) groups excluding carboxylic acids is 1. The Hall–Kier alpha value is -4.40. The first-order chi connectivity index (χ1) is 14.3. The highest BCUT2D eigenvalue weighted by Gasteiger charge is 2.20. The van der Waals surface area contributed by atoms with Crippen LogP contribution in [0.3, 0.4) is 0 Å². The number of aromatic nitrogens is 5. The molecule has 1 aromatic carbocycles. The molecule has 5 aromatic rings. The molecule has 0 aliphatic heterocycles. The van der Waals surface area contributed by atoms with Crippen LogP contribution in [0, 0.1) is 0 Å². The average Bonchev–Trinajstić information content (AvgIpc) is 3.55. The molecular formula is C20H14N6O3. The number of H-pyrrole nitrogens is 1. The lowest BCUT2D eigenvalue weighted by Gasteiger charge is -2.06. The van der Waals surface area contributed by atoms with Crippen LogP contribution in [0.25, 0.3) is 28.7 Å². The minimum atomic E-state index is -0.413. The Balaban J connectivity index is 1.48. The summed E-state index contributed by atoms with van der Waals surface area (Å²) in [6.07, 6.45) is 3.09. The summed E-state index contributed by atoms with van der Waals surface area (Å²) in [5.41, 5.74) is 1.59. The first kappa shape index (κ1) is 16.8. The van der Waals surface area contributed by atoms with Crippen molar-refractivity contribution in [2.24, 2.45) is 0 Å². The van der Waals surface area contributed by atoms with Gasteiger partial charge in [0.2, 0.25) is 5.95 Å². The highest BCUT2D eigenvalue weighted by Crippen LogP contribution is 2.23. The second-order valence-electron chi connectivity index (χ2n) is 6.08. The molecule has 0 radical (unpaired) electrons. The highest BCUT2D eigenvalue weighted by atomic mass is 16.3. The topological polar surface area (TPSA) is 115 Å². The summed E-state index contributed by atoms with van der Waals surface area (Å²) in [6.45, 7) is 0. The van der Waals surface area contributed by atoms with E-state index in [9.17, 15) is 4.79 Å². The van der Waals surface area contributed by atoms with E-state index in [1.54, 1.807) is 41.3 Å². The molecule has 29 heavy (non-hydrogen) atoms. The lowest BCUT2D eigenvalue weighted by atomic mass is 10.2. The molecule has 9 heteroatoms. The van der Waals surface area contributed by atoms with E-state index in [1.165, 1.54) is 6.26 Å². The van der Waals surface area contributed by atoms with E-state index < -0.39 is 5.91 Å². The van der Waals surface area contributed by atoms with Gasteiger partial charge < -0.3 is 8.83 Å². The zero-order valence-electron chi connectivity index (χ0n) is 14.9. The summed E-state index contributed by atoms with van der Waals surface area (Å²) in [5, 5.41) is 14.0. The van der Waals surface area contributed by atoms with Gasteiger partial charge in [0, 0.05) is 6.07 Å². The normalized spacial score (nSPS) is 10.9. The van der Waals surface area contributed by atoms with Gasteiger partial charge in [-0.3, -0.25) is 15.2 Å². The monoisotopic (exact) mass is 386 g/mol. The second-order valence-corrected chi connectivity index (χ2v) is 6.08. The van der Waals surface area contributed by atoms with Gasteiger partial charge in [0.25, 0.3) is 5.91 Å². The van der Waals surface area contributed by atoms with Gasteiger partial charge in [0.15, 0.2) is 17.3 Å². The number of nitrogens with one attached hydrogen (secondary N) is 2. The average molecular weight is 386 g/mol. The summed E-state index contributed by atoms with van der Waals surface area (Å²) < 4.78 is 12.2. The molecule has 5 rings (SSSR count). The molecule has 142 valence electrons. The van der Waals surface area contributed by atoms with E-state index in [2.05, 4.69) is 25.6 Å². The number of anilines is 1. The van der Waals surface area contributed by atoms with Crippen LogP contribution in [0.1, 0.15) is 10.5 Å². The number of hydrogen-bond donors (Lipinski definition) is 2. The van der Waals surface area contributed by atoms with E-state index in [-0.39, 0.29) is 5.95 Å². The van der Waals surface area contributed by atoms with Crippen molar-refractivity contribution in [3.05, 3.63) is 78.9 Å². The number of furan rings is 2. The lowest BCUT2D eigenvalue weighted by molar-refractivity contribution is 0.101. The quantitative estimate of drug-likeness (QED) is 0.475. The van der Waals surface area contributed by atoms with Gasteiger partial charge in [-0.1, -0.05) is 18.2 Å². The molecule has 9 nitrogen and oxygen atoms in total. The minimum absolute atomic E-state index is 0.127. The Bertz CT molecular complexity index is 1240. The zero-order valence-corrected chi connectivity index (χ0v) is 14.9. The fraction of sp³-hybridized carbons (Fsp3) is 0. The third-order valence-corrected chi connectivity index (χ3v) is 4.18. The van der Waals surface area contributed by atoms with Gasteiger partial charge in [-0.2, -0.15) is 10.1 Å². The molecule has 0 spiro atoms. The van der Waals surface area contributed by atoms with Crippen LogP contribution >= 0.6 is 0 Å². The number of carbonyl (C=O) groups is 1. The van der Waals surface area contributed by atoms with Crippen molar-refractivity contribution in [1.29, 1.82) is 0 Å². The van der Waals surface area contributed by atoms with Crippen molar-refractivity contribution in [3.63, 3.8) is 0 Å². The standard InChI is InChI=1S/C20H14N6O3/c27-19(22-20-21-18(23-24-20)17-9-5-11-29-17)15-12-14(16-8-4-10-28-16)25-26(15)13-6-2-1-3-7-13/h1-12H,(H2,21,22,23,24,27). The van der Waals surface area contributed by atoms with Crippen molar-refractivity contribution < 1.29 is 13.6 Å². The van der Waals surface area contributed by atoms with E-state index in [0.717, 1.165) is 5.69 Å². The first-order valence-electron chi connectivity index (χ1n) is 8.75. The van der Waals surface area contributed by atoms with Crippen molar-refractivity contribution in [2.75, 3.05) is 5.32 Å². The number of amides is 1. The molecule has 0 bridgehead atoms. The van der Waals surface area contributed by atoms with Crippen molar-refractivity contribution in [2.45, 2.75) is 0 Å². The highest BCUT2D eigenvalue weighted by molar-refractivity contribution is 6.03. The van der Waals surface area contributed by atoms with Crippen LogP contribution in [0.15, 0.2) is 82.0 Å². The summed E-state index contributed by atoms with van der Waals surface area (Å²) in [7, 11) is 0. The first-order valence-corrected chi connectivity index (χ1v) is 8.75. The molecule has 4 heterocycles. The fourth-order valence-corrected chi connectivity index (χ4v) is 2.86. The van der Waals surface area contributed by atoms with E-state index >= 15 is 0 Å². The van der Waals surface area contributed by atoms with Gasteiger partial charge in [-0.15, -0.1) is 5.10 Å². The van der Waals surface area contributed by atoms with E-state index in [4.69, 9.17) is 8.83 Å². The second kappa shape index (κ2) is 6.97. The third-order valence-electron chi connectivity index (χ3n) is 4.18. The number of nitrogens with zero attached hydrogens (tertiary/aromatic N) is 4. The molecule has 0 aliphatic carbocycles. The Morgan fingerprint density at radius 2 is 1.72 bits per heavy atom. The van der Waals surface area contributed by atoms with Crippen LogP contribution in [-0.4, -0.2) is 30.9 Å². The van der Waals surface area contributed by atoms with E-state index in [0.29, 0.717) is 28.7 Å². The number of benzene rings is 1. The van der Waals surface area contributed by atoms with Crippen molar-refractivity contribution in [3.8, 4) is 28.7 Å². The third kappa shape index (κ3) is 3.21. The predicted octanol–water partition coefficient (Wildman–Crippen LogP) is 3.76. The molecule has 0 aliphatic rings. The Morgan fingerprint density at radius 3 is 2.45 bits per heavy atom. The number of hydrogen-bond acceptors (Lipinski definition) is 6. The molecular weight excluding hydrogens is 372 g/mol. The van der Waals surface area contributed by atoms with Crippen molar-refractivity contribution >= 4 is 11.9 Å². The summed E-state index contributed by atoms with van der Waals surface area (Å²) in [6, 6.07) is 18.0. The van der Waals surface area contributed by atoms with Crippen LogP contribution in [0.4, 0.5) is 5.95 Å². The SMILES string of the molecule is O=C(Nc1n[nH]c(-c2ccco2)n1)c1cc(-c2ccco2)nn1-c1ccccc1. The summed E-state index contributed by atoms with van der Waals surface area (Å²) >= 11 is 0. The van der Waals surface area contributed by atoms with E-state index in [1.807, 2.05) is 30.3 Å². The molecule has 0 unspecified atom stereocenters.